The molecule has 0 aliphatic carbocycles. The van der Waals surface area contributed by atoms with E-state index in [-0.39, 0.29) is 11.3 Å². The summed E-state index contributed by atoms with van der Waals surface area (Å²) in [6, 6.07) is 8.88. The van der Waals surface area contributed by atoms with E-state index in [0.717, 1.165) is 30.3 Å². The van der Waals surface area contributed by atoms with Crippen molar-refractivity contribution >= 4 is 23.5 Å². The van der Waals surface area contributed by atoms with Crippen LogP contribution in [0.4, 0.5) is 23.2 Å². The van der Waals surface area contributed by atoms with E-state index in [1.54, 1.807) is 0 Å². The van der Waals surface area contributed by atoms with E-state index in [2.05, 4.69) is 10.6 Å². The molecule has 2 aromatic rings. The minimum Gasteiger partial charge on any atom is -0.451 e. The molecule has 2 rings (SSSR count). The Morgan fingerprint density at radius 1 is 1.03 bits per heavy atom. The molecule has 6 nitrogen and oxygen atoms in total. The van der Waals surface area contributed by atoms with Crippen LogP contribution in [0.3, 0.4) is 0 Å². The van der Waals surface area contributed by atoms with Gasteiger partial charge in [0.2, 0.25) is 0 Å². The van der Waals surface area contributed by atoms with Gasteiger partial charge in [-0.1, -0.05) is 12.1 Å². The maximum absolute atomic E-state index is 13.5. The van der Waals surface area contributed by atoms with Crippen LogP contribution in [0, 0.1) is 5.82 Å². The van der Waals surface area contributed by atoms with Gasteiger partial charge in [-0.2, -0.15) is 13.2 Å². The van der Waals surface area contributed by atoms with E-state index in [0.29, 0.717) is 0 Å². The first-order valence-electron chi connectivity index (χ1n) is 8.28. The summed E-state index contributed by atoms with van der Waals surface area (Å²) in [4.78, 5) is 35.5. The zero-order chi connectivity index (χ0) is 21.6. The van der Waals surface area contributed by atoms with Crippen LogP contribution < -0.4 is 10.6 Å². The van der Waals surface area contributed by atoms with Crippen molar-refractivity contribution in [2.45, 2.75) is 19.2 Å². The van der Waals surface area contributed by atoms with Gasteiger partial charge in [0.1, 0.15) is 12.4 Å². The van der Waals surface area contributed by atoms with Gasteiger partial charge >= 0.3 is 12.1 Å². The van der Waals surface area contributed by atoms with Gasteiger partial charge in [0.15, 0.2) is 6.10 Å². The number of amides is 2. The molecule has 0 radical (unpaired) electrons. The molecule has 0 aromatic heterocycles. The maximum Gasteiger partial charge on any atom is 0.416 e. The fourth-order valence-electron chi connectivity index (χ4n) is 2.17. The van der Waals surface area contributed by atoms with Crippen molar-refractivity contribution in [2.75, 3.05) is 11.9 Å². The van der Waals surface area contributed by atoms with Gasteiger partial charge in [-0.05, 0) is 43.3 Å². The van der Waals surface area contributed by atoms with Crippen LogP contribution in [0.5, 0.6) is 0 Å². The first-order chi connectivity index (χ1) is 13.6. The Hall–Kier alpha value is -3.43. The van der Waals surface area contributed by atoms with Crippen LogP contribution in [0.1, 0.15) is 22.8 Å². The molecule has 1 atom stereocenters. The number of ether oxygens (including phenoxy) is 1. The lowest BCUT2D eigenvalue weighted by Crippen LogP contribution is -2.36. The predicted octanol–water partition coefficient (Wildman–Crippen LogP) is 3.14. The SMILES string of the molecule is C[C@@H](OC(=O)CNC(=O)c1ccccc1F)C(=O)Nc1ccc(C(F)(F)F)cc1. The lowest BCUT2D eigenvalue weighted by molar-refractivity contribution is -0.152. The highest BCUT2D eigenvalue weighted by Crippen LogP contribution is 2.29. The normalized spacial score (nSPS) is 12.0. The summed E-state index contributed by atoms with van der Waals surface area (Å²) in [5.74, 6) is -3.33. The molecule has 0 saturated carbocycles. The summed E-state index contributed by atoms with van der Waals surface area (Å²) < 4.78 is 55.9. The summed E-state index contributed by atoms with van der Waals surface area (Å²) >= 11 is 0. The molecule has 0 saturated heterocycles. The number of rotatable bonds is 6. The number of hydrogen-bond donors (Lipinski definition) is 2. The second-order valence-electron chi connectivity index (χ2n) is 5.86. The molecular weight excluding hydrogens is 396 g/mol. The van der Waals surface area contributed by atoms with Crippen molar-refractivity contribution in [3.05, 3.63) is 65.5 Å². The largest absolute Gasteiger partial charge is 0.451 e. The molecule has 10 heteroatoms. The predicted molar refractivity (Wildman–Crippen MR) is 94.4 cm³/mol. The summed E-state index contributed by atoms with van der Waals surface area (Å²) in [7, 11) is 0. The van der Waals surface area contributed by atoms with E-state index < -0.39 is 48.0 Å². The number of carbonyl (C=O) groups excluding carboxylic acids is 3. The van der Waals surface area contributed by atoms with Crippen molar-refractivity contribution in [2.24, 2.45) is 0 Å². The summed E-state index contributed by atoms with van der Waals surface area (Å²) in [6.45, 7) is 0.640. The van der Waals surface area contributed by atoms with E-state index >= 15 is 0 Å². The van der Waals surface area contributed by atoms with Crippen LogP contribution in [0.15, 0.2) is 48.5 Å². The summed E-state index contributed by atoms with van der Waals surface area (Å²) in [6.07, 6.45) is -5.78. The molecule has 0 heterocycles. The molecule has 0 fully saturated rings. The third-order valence-corrected chi connectivity index (χ3v) is 3.67. The third kappa shape index (κ3) is 6.30. The Morgan fingerprint density at radius 3 is 2.24 bits per heavy atom. The topological polar surface area (TPSA) is 84.5 Å². The fraction of sp³-hybridized carbons (Fsp3) is 0.211. The quantitative estimate of drug-likeness (QED) is 0.564. The molecule has 0 unspecified atom stereocenters. The number of carbonyl (C=O) groups is 3. The van der Waals surface area contributed by atoms with Crippen LogP contribution in [0.25, 0.3) is 0 Å². The summed E-state index contributed by atoms with van der Waals surface area (Å²) in [5, 5.41) is 4.47. The molecule has 154 valence electrons. The number of alkyl halides is 3. The smallest absolute Gasteiger partial charge is 0.416 e. The van der Waals surface area contributed by atoms with Crippen molar-refractivity contribution in [1.29, 1.82) is 0 Å². The second kappa shape index (κ2) is 9.18. The second-order valence-corrected chi connectivity index (χ2v) is 5.86. The third-order valence-electron chi connectivity index (χ3n) is 3.67. The molecule has 0 aliphatic rings. The maximum atomic E-state index is 13.5. The van der Waals surface area contributed by atoms with Gasteiger partial charge in [0.25, 0.3) is 11.8 Å². The lowest BCUT2D eigenvalue weighted by atomic mass is 10.2. The van der Waals surface area contributed by atoms with Gasteiger partial charge in [-0.25, -0.2) is 4.39 Å². The Bertz CT molecular complexity index is 898. The summed E-state index contributed by atoms with van der Waals surface area (Å²) in [5.41, 5.74) is -1.05. The minimum absolute atomic E-state index is 0.0822. The van der Waals surface area contributed by atoms with Gasteiger partial charge in [-0.3, -0.25) is 14.4 Å². The number of esters is 1. The van der Waals surface area contributed by atoms with Crippen LogP contribution >= 0.6 is 0 Å². The molecule has 0 aliphatic heterocycles. The van der Waals surface area contributed by atoms with Gasteiger partial charge < -0.3 is 15.4 Å². The van der Waals surface area contributed by atoms with Crippen LogP contribution in [0.2, 0.25) is 0 Å². The van der Waals surface area contributed by atoms with Gasteiger partial charge in [0.05, 0.1) is 11.1 Å². The molecule has 2 aromatic carbocycles. The minimum atomic E-state index is -4.50. The Kier molecular flexibility index (Phi) is 6.92. The van der Waals surface area contributed by atoms with Crippen LogP contribution in [-0.4, -0.2) is 30.4 Å². The molecule has 2 amide bonds. The first kappa shape index (κ1) is 21.9. The average molecular weight is 412 g/mol. The molecular formula is C19H16F4N2O4. The van der Waals surface area contributed by atoms with Gasteiger partial charge in [-0.15, -0.1) is 0 Å². The Morgan fingerprint density at radius 2 is 1.66 bits per heavy atom. The van der Waals surface area contributed by atoms with Crippen LogP contribution in [-0.2, 0) is 20.5 Å². The van der Waals surface area contributed by atoms with Crippen molar-refractivity contribution in [1.82, 2.24) is 5.32 Å². The highest BCUT2D eigenvalue weighted by atomic mass is 19.4. The highest BCUT2D eigenvalue weighted by Gasteiger charge is 2.30. The molecule has 0 bridgehead atoms. The molecule has 0 spiro atoms. The molecule has 2 N–H and O–H groups in total. The van der Waals surface area contributed by atoms with E-state index in [1.165, 1.54) is 25.1 Å². The zero-order valence-electron chi connectivity index (χ0n) is 15.0. The number of halogens is 4. The number of anilines is 1. The highest BCUT2D eigenvalue weighted by molar-refractivity contribution is 5.97. The fourth-order valence-corrected chi connectivity index (χ4v) is 2.17. The van der Waals surface area contributed by atoms with Gasteiger partial charge in [0, 0.05) is 5.69 Å². The monoisotopic (exact) mass is 412 g/mol. The van der Waals surface area contributed by atoms with Crippen molar-refractivity contribution in [3.63, 3.8) is 0 Å². The van der Waals surface area contributed by atoms with E-state index in [9.17, 15) is 31.9 Å². The first-order valence-corrected chi connectivity index (χ1v) is 8.28. The number of benzene rings is 2. The van der Waals surface area contributed by atoms with E-state index in [1.807, 2.05) is 0 Å². The zero-order valence-corrected chi connectivity index (χ0v) is 15.0. The van der Waals surface area contributed by atoms with Crippen molar-refractivity contribution < 1.29 is 36.7 Å². The lowest BCUT2D eigenvalue weighted by Gasteiger charge is -2.14. The standard InChI is InChI=1S/C19H16F4N2O4/c1-11(17(27)25-13-8-6-12(7-9-13)19(21,22)23)29-16(26)10-24-18(28)14-4-2-3-5-15(14)20/h2-9,11H,10H2,1H3,(H,24,28)(H,25,27)/t11-/m1/s1. The Balaban J connectivity index is 1.83. The number of nitrogens with one attached hydrogen (secondary N) is 2. The molecule has 29 heavy (non-hydrogen) atoms. The average Bonchev–Trinajstić information content (AvgIpc) is 2.66. The van der Waals surface area contributed by atoms with E-state index in [4.69, 9.17) is 4.74 Å². The van der Waals surface area contributed by atoms with Crippen molar-refractivity contribution in [3.8, 4) is 0 Å². The Labute approximate surface area is 162 Å². The number of hydrogen-bond acceptors (Lipinski definition) is 4.